The summed E-state index contributed by atoms with van der Waals surface area (Å²) in [6, 6.07) is 12.4. The van der Waals surface area contributed by atoms with Crippen LogP contribution in [0.5, 0.6) is 11.5 Å². The molecule has 3 aromatic rings. The monoisotopic (exact) mass is 473 g/mol. The van der Waals surface area contributed by atoms with Crippen LogP contribution in [0.15, 0.2) is 42.5 Å². The van der Waals surface area contributed by atoms with Gasteiger partial charge in [-0.15, -0.1) is 0 Å². The van der Waals surface area contributed by atoms with Crippen molar-refractivity contribution in [2.45, 2.75) is 25.9 Å². The van der Waals surface area contributed by atoms with E-state index in [1.54, 1.807) is 0 Å². The van der Waals surface area contributed by atoms with Crippen molar-refractivity contribution in [3.05, 3.63) is 64.8 Å². The molecule has 1 aliphatic heterocycles. The Bertz CT molecular complexity index is 1400. The zero-order valence-corrected chi connectivity index (χ0v) is 19.2. The van der Waals surface area contributed by atoms with E-state index in [0.717, 1.165) is 22.4 Å². The highest BCUT2D eigenvalue weighted by Crippen LogP contribution is 2.39. The third kappa shape index (κ3) is 4.28. The Kier molecular flexibility index (Phi) is 5.82. The molecule has 2 aromatic carbocycles. The largest absolute Gasteiger partial charge is 0.454 e. The number of ether oxygens (including phenoxy) is 3. The normalized spacial score (nSPS) is 15.5. The zero-order chi connectivity index (χ0) is 24.5. The van der Waals surface area contributed by atoms with Gasteiger partial charge in [0.1, 0.15) is 0 Å². The molecule has 0 saturated carbocycles. The van der Waals surface area contributed by atoms with Gasteiger partial charge in [0, 0.05) is 12.4 Å². The van der Waals surface area contributed by atoms with Crippen LogP contribution in [0.3, 0.4) is 0 Å². The number of imide groups is 1. The Morgan fingerprint density at radius 1 is 1.09 bits per heavy atom. The van der Waals surface area contributed by atoms with E-state index in [4.69, 9.17) is 19.2 Å². The molecular weight excluding hydrogens is 450 g/mol. The molecular formula is C26H23N3O6. The number of hydrogen-bond donors (Lipinski definition) is 2. The van der Waals surface area contributed by atoms with Crippen molar-refractivity contribution in [2.24, 2.45) is 0 Å². The predicted octanol–water partition coefficient (Wildman–Crippen LogP) is 3.45. The summed E-state index contributed by atoms with van der Waals surface area (Å²) < 4.78 is 16.3. The Morgan fingerprint density at radius 2 is 1.89 bits per heavy atom. The molecule has 0 bridgehead atoms. The number of amides is 3. The van der Waals surface area contributed by atoms with Crippen molar-refractivity contribution in [3.63, 3.8) is 0 Å². The number of carbonyl (C=O) groups is 3. The number of urea groups is 1. The highest BCUT2D eigenvalue weighted by Gasteiger charge is 2.30. The van der Waals surface area contributed by atoms with Crippen molar-refractivity contribution in [2.75, 3.05) is 13.8 Å². The van der Waals surface area contributed by atoms with E-state index in [1.807, 2.05) is 48.5 Å². The lowest BCUT2D eigenvalue weighted by atomic mass is 10.0. The van der Waals surface area contributed by atoms with Gasteiger partial charge in [0.05, 0.1) is 16.8 Å². The minimum absolute atomic E-state index is 0.205. The van der Waals surface area contributed by atoms with Crippen LogP contribution in [0.4, 0.5) is 4.79 Å². The molecule has 2 heterocycles. The fourth-order valence-electron chi connectivity index (χ4n) is 4.27. The highest BCUT2D eigenvalue weighted by atomic mass is 16.7. The van der Waals surface area contributed by atoms with Crippen molar-refractivity contribution in [1.82, 2.24) is 15.6 Å². The molecule has 0 radical (unpaired) electrons. The smallest absolute Gasteiger partial charge is 0.339 e. The molecule has 1 aliphatic carbocycles. The summed E-state index contributed by atoms with van der Waals surface area (Å²) in [7, 11) is 1.39. The lowest BCUT2D eigenvalue weighted by Crippen LogP contribution is -2.43. The maximum atomic E-state index is 13.3. The molecule has 178 valence electrons. The van der Waals surface area contributed by atoms with E-state index >= 15 is 0 Å². The molecule has 2 N–H and O–H groups in total. The van der Waals surface area contributed by atoms with Crippen molar-refractivity contribution in [3.8, 4) is 11.5 Å². The van der Waals surface area contributed by atoms with Crippen LogP contribution in [0.2, 0.25) is 0 Å². The van der Waals surface area contributed by atoms with Crippen LogP contribution >= 0.6 is 0 Å². The third-order valence-corrected chi connectivity index (χ3v) is 6.00. The van der Waals surface area contributed by atoms with Crippen LogP contribution < -0.4 is 20.1 Å². The van der Waals surface area contributed by atoms with E-state index in [1.165, 1.54) is 14.0 Å². The molecule has 1 atom stereocenters. The molecule has 35 heavy (non-hydrogen) atoms. The Balaban J connectivity index is 1.51. The molecule has 5 rings (SSSR count). The van der Waals surface area contributed by atoms with Crippen molar-refractivity contribution >= 4 is 40.5 Å². The summed E-state index contributed by atoms with van der Waals surface area (Å²) in [5.74, 6) is 0.0554. The number of rotatable bonds is 4. The molecule has 1 aromatic heterocycles. The summed E-state index contributed by atoms with van der Waals surface area (Å²) in [6.07, 6.45) is 2.17. The van der Waals surface area contributed by atoms with Gasteiger partial charge in [-0.25, -0.2) is 14.6 Å². The number of nitrogens with zero attached hydrogens (tertiary/aromatic N) is 1. The number of nitrogens with one attached hydrogen (secondary N) is 2. The van der Waals surface area contributed by atoms with Crippen molar-refractivity contribution in [1.29, 1.82) is 0 Å². The standard InChI is InChI=1S/C26H23N3O6/c1-14(24(30)29-26(32)27-2)35-25(31)22-17-5-3-4-6-19(17)28-23-16(8-9-18(22)23)11-15-7-10-20-21(12-15)34-13-33-20/h3-7,10-12,14H,8-9,13H2,1-2H3,(H2,27,29,30,32)/b16-11+. The van der Waals surface area contributed by atoms with Crippen molar-refractivity contribution < 1.29 is 28.6 Å². The van der Waals surface area contributed by atoms with Gasteiger partial charge < -0.3 is 19.5 Å². The van der Waals surface area contributed by atoms with Gasteiger partial charge in [0.2, 0.25) is 6.79 Å². The molecule has 0 fully saturated rings. The van der Waals surface area contributed by atoms with Gasteiger partial charge in [-0.1, -0.05) is 24.3 Å². The molecule has 9 heteroatoms. The lowest BCUT2D eigenvalue weighted by Gasteiger charge is -2.16. The van der Waals surface area contributed by atoms with Gasteiger partial charge >= 0.3 is 12.0 Å². The second-order valence-electron chi connectivity index (χ2n) is 8.23. The quantitative estimate of drug-likeness (QED) is 0.558. The van der Waals surface area contributed by atoms with Crippen LogP contribution in [0.1, 0.15) is 40.5 Å². The number of aromatic nitrogens is 1. The summed E-state index contributed by atoms with van der Waals surface area (Å²) in [5.41, 5.74) is 4.48. The van der Waals surface area contributed by atoms with Crippen LogP contribution in [0.25, 0.3) is 22.6 Å². The van der Waals surface area contributed by atoms with Gasteiger partial charge in [0.25, 0.3) is 5.91 Å². The molecule has 1 unspecified atom stereocenters. The van der Waals surface area contributed by atoms with E-state index in [0.29, 0.717) is 40.8 Å². The summed E-state index contributed by atoms with van der Waals surface area (Å²) in [6.45, 7) is 1.63. The number of esters is 1. The summed E-state index contributed by atoms with van der Waals surface area (Å²) in [5, 5.41) is 5.06. The fraction of sp³-hybridized carbons (Fsp3) is 0.231. The minimum atomic E-state index is -1.16. The Labute approximate surface area is 201 Å². The highest BCUT2D eigenvalue weighted by molar-refractivity contribution is 6.08. The zero-order valence-electron chi connectivity index (χ0n) is 19.2. The van der Waals surface area contributed by atoms with Gasteiger partial charge in [-0.05, 0) is 60.7 Å². The summed E-state index contributed by atoms with van der Waals surface area (Å²) in [4.78, 5) is 41.8. The van der Waals surface area contributed by atoms with Crippen LogP contribution in [-0.4, -0.2) is 42.8 Å². The first kappa shape index (κ1) is 22.4. The van der Waals surface area contributed by atoms with E-state index in [9.17, 15) is 14.4 Å². The fourth-order valence-corrected chi connectivity index (χ4v) is 4.27. The van der Waals surface area contributed by atoms with Gasteiger partial charge in [-0.3, -0.25) is 10.1 Å². The number of fused-ring (bicyclic) bond motifs is 3. The third-order valence-electron chi connectivity index (χ3n) is 6.00. The predicted molar refractivity (Wildman–Crippen MR) is 128 cm³/mol. The second-order valence-corrected chi connectivity index (χ2v) is 8.23. The van der Waals surface area contributed by atoms with E-state index in [2.05, 4.69) is 10.6 Å². The number of benzene rings is 2. The molecule has 0 spiro atoms. The second kappa shape index (κ2) is 9.09. The lowest BCUT2D eigenvalue weighted by molar-refractivity contribution is -0.127. The molecule has 9 nitrogen and oxygen atoms in total. The topological polar surface area (TPSA) is 116 Å². The van der Waals surface area contributed by atoms with Crippen LogP contribution in [0, 0.1) is 0 Å². The number of carbonyl (C=O) groups excluding carboxylic acids is 3. The average Bonchev–Trinajstić information content (AvgIpc) is 3.49. The first-order valence-electron chi connectivity index (χ1n) is 11.2. The van der Waals surface area contributed by atoms with Crippen LogP contribution in [-0.2, 0) is 16.0 Å². The summed E-state index contributed by atoms with van der Waals surface area (Å²) >= 11 is 0. The molecule has 2 aliphatic rings. The average molecular weight is 473 g/mol. The Morgan fingerprint density at radius 3 is 2.71 bits per heavy atom. The number of pyridine rings is 1. The molecule has 3 amide bonds. The molecule has 0 saturated heterocycles. The van der Waals surface area contributed by atoms with Gasteiger partial charge in [-0.2, -0.15) is 0 Å². The van der Waals surface area contributed by atoms with E-state index in [-0.39, 0.29) is 6.79 Å². The maximum absolute atomic E-state index is 13.3. The first-order chi connectivity index (χ1) is 16.9. The SMILES string of the molecule is CNC(=O)NC(=O)C(C)OC(=O)c1c2c(nc3ccccc13)/C(=C/c1ccc3c(c1)OCO3)CC2. The minimum Gasteiger partial charge on any atom is -0.454 e. The number of allylic oxidation sites excluding steroid dienone is 1. The Hall–Kier alpha value is -4.40. The number of hydrogen-bond acceptors (Lipinski definition) is 7. The first-order valence-corrected chi connectivity index (χ1v) is 11.2. The number of para-hydroxylation sites is 1. The van der Waals surface area contributed by atoms with Gasteiger partial charge in [0.15, 0.2) is 17.6 Å². The maximum Gasteiger partial charge on any atom is 0.339 e. The van der Waals surface area contributed by atoms with E-state index < -0.39 is 24.0 Å².